The lowest BCUT2D eigenvalue weighted by atomic mass is 10.1. The molecule has 1 unspecified atom stereocenters. The standard InChI is InChI=1S/C14H22BrN3O/c1-4-18-13(14(15)11(3)16-18)9-17-7-5-6-12(17)8-10(2)19/h12H,4-9H2,1-3H3. The van der Waals surface area contributed by atoms with Crippen LogP contribution >= 0.6 is 15.9 Å². The summed E-state index contributed by atoms with van der Waals surface area (Å²) in [5.74, 6) is 0.288. The highest BCUT2D eigenvalue weighted by molar-refractivity contribution is 9.10. The zero-order valence-corrected chi connectivity index (χ0v) is 13.5. The molecule has 0 aromatic carbocycles. The molecule has 1 aromatic rings. The van der Waals surface area contributed by atoms with E-state index in [2.05, 4.69) is 37.5 Å². The van der Waals surface area contributed by atoms with Crippen LogP contribution in [0.3, 0.4) is 0 Å². The zero-order chi connectivity index (χ0) is 14.0. The van der Waals surface area contributed by atoms with E-state index in [9.17, 15) is 4.79 Å². The number of nitrogens with zero attached hydrogens (tertiary/aromatic N) is 3. The first-order valence-corrected chi connectivity index (χ1v) is 7.77. The molecular weight excluding hydrogens is 306 g/mol. The lowest BCUT2D eigenvalue weighted by Gasteiger charge is -2.24. The number of rotatable bonds is 5. The number of Topliss-reactive ketones (excluding diaryl/α,β-unsaturated/α-hetero) is 1. The van der Waals surface area contributed by atoms with Crippen LogP contribution in [-0.4, -0.2) is 33.1 Å². The third kappa shape index (κ3) is 3.26. The van der Waals surface area contributed by atoms with Crippen LogP contribution in [0.2, 0.25) is 0 Å². The van der Waals surface area contributed by atoms with Crippen LogP contribution in [0.15, 0.2) is 4.47 Å². The van der Waals surface area contributed by atoms with Gasteiger partial charge in [-0.2, -0.15) is 5.10 Å². The molecule has 2 rings (SSSR count). The minimum atomic E-state index is 0.288. The van der Waals surface area contributed by atoms with Gasteiger partial charge in [-0.1, -0.05) is 0 Å². The Morgan fingerprint density at radius 2 is 2.26 bits per heavy atom. The van der Waals surface area contributed by atoms with Crippen LogP contribution < -0.4 is 0 Å². The van der Waals surface area contributed by atoms with Gasteiger partial charge in [0.15, 0.2) is 0 Å². The van der Waals surface area contributed by atoms with E-state index >= 15 is 0 Å². The van der Waals surface area contributed by atoms with E-state index in [1.165, 1.54) is 12.1 Å². The molecule has 0 N–H and O–H groups in total. The van der Waals surface area contributed by atoms with Gasteiger partial charge in [0, 0.05) is 25.6 Å². The van der Waals surface area contributed by atoms with Gasteiger partial charge in [0.25, 0.3) is 0 Å². The summed E-state index contributed by atoms with van der Waals surface area (Å²) in [6, 6.07) is 0.407. The molecule has 0 bridgehead atoms. The Morgan fingerprint density at radius 3 is 2.89 bits per heavy atom. The van der Waals surface area contributed by atoms with E-state index in [4.69, 9.17) is 0 Å². The summed E-state index contributed by atoms with van der Waals surface area (Å²) in [6.07, 6.45) is 3.00. The molecular formula is C14H22BrN3O. The number of halogens is 1. The highest BCUT2D eigenvalue weighted by Gasteiger charge is 2.27. The number of aromatic nitrogens is 2. The average Bonchev–Trinajstić information content (AvgIpc) is 2.88. The predicted molar refractivity (Wildman–Crippen MR) is 79.1 cm³/mol. The second kappa shape index (κ2) is 6.18. The Labute approximate surface area is 123 Å². The summed E-state index contributed by atoms with van der Waals surface area (Å²) >= 11 is 3.64. The van der Waals surface area contributed by atoms with E-state index in [0.29, 0.717) is 12.5 Å². The molecule has 1 fully saturated rings. The highest BCUT2D eigenvalue weighted by atomic mass is 79.9. The van der Waals surface area contributed by atoms with Gasteiger partial charge < -0.3 is 0 Å². The fourth-order valence-corrected chi connectivity index (χ4v) is 3.29. The highest BCUT2D eigenvalue weighted by Crippen LogP contribution is 2.27. The maximum atomic E-state index is 11.3. The number of hydrogen-bond donors (Lipinski definition) is 0. The van der Waals surface area contributed by atoms with E-state index in [1.807, 2.05) is 6.92 Å². The van der Waals surface area contributed by atoms with Crippen molar-refractivity contribution in [1.29, 1.82) is 0 Å². The molecule has 0 spiro atoms. The lowest BCUT2D eigenvalue weighted by Crippen LogP contribution is -2.31. The van der Waals surface area contributed by atoms with Crippen molar-refractivity contribution in [3.05, 3.63) is 15.9 Å². The SMILES string of the molecule is CCn1nc(C)c(Br)c1CN1CCCC1CC(C)=O. The first kappa shape index (κ1) is 14.7. The number of likely N-dealkylation sites (tertiary alicyclic amines) is 1. The molecule has 1 atom stereocenters. The second-order valence-corrected chi connectivity index (χ2v) is 6.13. The molecule has 1 aromatic heterocycles. The molecule has 19 heavy (non-hydrogen) atoms. The summed E-state index contributed by atoms with van der Waals surface area (Å²) < 4.78 is 3.17. The molecule has 1 saturated heterocycles. The van der Waals surface area contributed by atoms with E-state index in [-0.39, 0.29) is 5.78 Å². The molecule has 2 heterocycles. The summed E-state index contributed by atoms with van der Waals surface area (Å²) in [5.41, 5.74) is 2.27. The minimum Gasteiger partial charge on any atom is -0.300 e. The van der Waals surface area contributed by atoms with Crippen molar-refractivity contribution >= 4 is 21.7 Å². The number of ketones is 1. The number of aryl methyl sites for hydroxylation is 2. The monoisotopic (exact) mass is 327 g/mol. The van der Waals surface area contributed by atoms with Gasteiger partial charge >= 0.3 is 0 Å². The number of hydrogen-bond acceptors (Lipinski definition) is 3. The van der Waals surface area contributed by atoms with Crippen molar-refractivity contribution in [2.24, 2.45) is 0 Å². The van der Waals surface area contributed by atoms with Crippen LogP contribution in [0.4, 0.5) is 0 Å². The van der Waals surface area contributed by atoms with Crippen LogP contribution in [-0.2, 0) is 17.9 Å². The normalized spacial score (nSPS) is 20.1. The largest absolute Gasteiger partial charge is 0.300 e. The Balaban J connectivity index is 2.14. The summed E-state index contributed by atoms with van der Waals surface area (Å²) in [5, 5.41) is 4.53. The molecule has 0 aliphatic carbocycles. The number of carbonyl (C=O) groups excluding carboxylic acids is 1. The van der Waals surface area contributed by atoms with Gasteiger partial charge in [-0.15, -0.1) is 0 Å². The smallest absolute Gasteiger partial charge is 0.131 e. The van der Waals surface area contributed by atoms with Gasteiger partial charge in [0.05, 0.1) is 15.9 Å². The van der Waals surface area contributed by atoms with Gasteiger partial charge in [0.1, 0.15) is 5.78 Å². The Hall–Kier alpha value is -0.680. The number of carbonyl (C=O) groups is 1. The summed E-state index contributed by atoms with van der Waals surface area (Å²) in [4.78, 5) is 13.8. The van der Waals surface area contributed by atoms with Crippen LogP contribution in [0.1, 0.15) is 44.5 Å². The van der Waals surface area contributed by atoms with Crippen molar-refractivity contribution < 1.29 is 4.79 Å². The van der Waals surface area contributed by atoms with Crippen molar-refractivity contribution in [3.63, 3.8) is 0 Å². The molecule has 5 heteroatoms. The fraction of sp³-hybridized carbons (Fsp3) is 0.714. The molecule has 0 radical (unpaired) electrons. The molecule has 1 aliphatic rings. The van der Waals surface area contributed by atoms with Crippen molar-refractivity contribution in [2.75, 3.05) is 6.54 Å². The van der Waals surface area contributed by atoms with Gasteiger partial charge in [-0.05, 0) is 56.1 Å². The Bertz CT molecular complexity index is 470. The minimum absolute atomic E-state index is 0.288. The summed E-state index contributed by atoms with van der Waals surface area (Å²) in [7, 11) is 0. The van der Waals surface area contributed by atoms with Crippen molar-refractivity contribution in [1.82, 2.24) is 14.7 Å². The second-order valence-electron chi connectivity index (χ2n) is 5.33. The van der Waals surface area contributed by atoms with Gasteiger partial charge in [-0.3, -0.25) is 14.4 Å². The predicted octanol–water partition coefficient (Wildman–Crippen LogP) is 2.92. The maximum absolute atomic E-state index is 11.3. The van der Waals surface area contributed by atoms with E-state index in [1.54, 1.807) is 6.92 Å². The van der Waals surface area contributed by atoms with Crippen molar-refractivity contribution in [3.8, 4) is 0 Å². The molecule has 4 nitrogen and oxygen atoms in total. The Morgan fingerprint density at radius 1 is 1.53 bits per heavy atom. The molecule has 106 valence electrons. The maximum Gasteiger partial charge on any atom is 0.131 e. The first-order valence-electron chi connectivity index (χ1n) is 6.98. The van der Waals surface area contributed by atoms with Crippen LogP contribution in [0, 0.1) is 6.92 Å². The van der Waals surface area contributed by atoms with Gasteiger partial charge in [0.2, 0.25) is 0 Å². The third-order valence-electron chi connectivity index (χ3n) is 3.83. The summed E-state index contributed by atoms with van der Waals surface area (Å²) in [6.45, 7) is 8.67. The van der Waals surface area contributed by atoms with Gasteiger partial charge in [-0.25, -0.2) is 0 Å². The molecule has 0 saturated carbocycles. The molecule has 1 aliphatic heterocycles. The topological polar surface area (TPSA) is 38.1 Å². The Kier molecular flexibility index (Phi) is 4.79. The molecule has 0 amide bonds. The third-order valence-corrected chi connectivity index (χ3v) is 4.86. The van der Waals surface area contributed by atoms with Crippen LogP contribution in [0.5, 0.6) is 0 Å². The van der Waals surface area contributed by atoms with E-state index in [0.717, 1.165) is 36.2 Å². The van der Waals surface area contributed by atoms with Crippen molar-refractivity contribution in [2.45, 2.75) is 59.2 Å². The van der Waals surface area contributed by atoms with Crippen LogP contribution in [0.25, 0.3) is 0 Å². The fourth-order valence-electron chi connectivity index (χ4n) is 2.88. The first-order chi connectivity index (χ1) is 9.02. The lowest BCUT2D eigenvalue weighted by molar-refractivity contribution is -0.118. The van der Waals surface area contributed by atoms with E-state index < -0.39 is 0 Å². The zero-order valence-electron chi connectivity index (χ0n) is 11.9. The quantitative estimate of drug-likeness (QED) is 0.834. The average molecular weight is 328 g/mol.